The number of benzene rings is 2. The summed E-state index contributed by atoms with van der Waals surface area (Å²) in [6.07, 6.45) is 1.13. The van der Waals surface area contributed by atoms with E-state index < -0.39 is 23.5 Å². The van der Waals surface area contributed by atoms with E-state index in [0.717, 1.165) is 42.6 Å². The zero-order valence-corrected chi connectivity index (χ0v) is 17.4. The van der Waals surface area contributed by atoms with Gasteiger partial charge in [-0.05, 0) is 49.2 Å². The molecule has 4 rings (SSSR count). The minimum absolute atomic E-state index is 0.152. The van der Waals surface area contributed by atoms with E-state index in [2.05, 4.69) is 4.90 Å². The van der Waals surface area contributed by atoms with Crippen LogP contribution in [-0.4, -0.2) is 56.5 Å². The smallest absolute Gasteiger partial charge is 0.239 e. The van der Waals surface area contributed by atoms with Crippen LogP contribution in [0.1, 0.15) is 12.8 Å². The molecule has 2 aliphatic heterocycles. The molecule has 0 radical (unpaired) electrons. The van der Waals surface area contributed by atoms with Gasteiger partial charge < -0.3 is 19.4 Å². The maximum Gasteiger partial charge on any atom is 0.239 e. The maximum absolute atomic E-state index is 13.6. The van der Waals surface area contributed by atoms with Gasteiger partial charge in [-0.3, -0.25) is 9.59 Å². The molecular weight excluding hydrogens is 404 g/mol. The van der Waals surface area contributed by atoms with Gasteiger partial charge in [-0.2, -0.15) is 0 Å². The van der Waals surface area contributed by atoms with Crippen LogP contribution in [0.3, 0.4) is 0 Å². The summed E-state index contributed by atoms with van der Waals surface area (Å²) in [5, 5.41) is 0. The number of hydrogen-bond donors (Lipinski definition) is 0. The lowest BCUT2D eigenvalue weighted by molar-refractivity contribution is -0.139. The molecule has 2 aromatic rings. The lowest BCUT2D eigenvalue weighted by Crippen LogP contribution is -2.42. The number of hydrogen-bond acceptors (Lipinski definition) is 4. The van der Waals surface area contributed by atoms with Gasteiger partial charge in [0.1, 0.15) is 23.3 Å². The van der Waals surface area contributed by atoms with Gasteiger partial charge in [0.15, 0.2) is 0 Å². The number of carbonyl (C=O) groups is 2. The maximum atomic E-state index is 13.6. The first kappa shape index (κ1) is 21.1. The Labute approximate surface area is 180 Å². The van der Waals surface area contributed by atoms with Crippen LogP contribution >= 0.6 is 0 Å². The standard InChI is InChI=1S/C23H25F2N3O3/c1-31-20-5-3-18(4-6-20)26-8-2-9-27(12-11-26)22(29)21-7-10-28(23(21)30)19-14-16(24)13-17(25)15-19/h3-6,13-15,21H,2,7-12H2,1H3. The summed E-state index contributed by atoms with van der Waals surface area (Å²) in [4.78, 5) is 31.2. The highest BCUT2D eigenvalue weighted by molar-refractivity contribution is 6.09. The van der Waals surface area contributed by atoms with Crippen LogP contribution in [0, 0.1) is 17.6 Å². The van der Waals surface area contributed by atoms with Crippen molar-refractivity contribution in [2.75, 3.05) is 49.6 Å². The Bertz CT molecular complexity index is 947. The number of amides is 2. The van der Waals surface area contributed by atoms with Crippen LogP contribution in [0.2, 0.25) is 0 Å². The van der Waals surface area contributed by atoms with Crippen molar-refractivity contribution >= 4 is 23.2 Å². The van der Waals surface area contributed by atoms with E-state index in [1.165, 1.54) is 4.90 Å². The third-order valence-corrected chi connectivity index (χ3v) is 5.91. The van der Waals surface area contributed by atoms with E-state index >= 15 is 0 Å². The molecule has 2 saturated heterocycles. The number of anilines is 2. The summed E-state index contributed by atoms with van der Waals surface area (Å²) in [6, 6.07) is 10.8. The molecule has 2 aliphatic rings. The lowest BCUT2D eigenvalue weighted by Gasteiger charge is -2.25. The average molecular weight is 429 g/mol. The minimum atomic E-state index is -0.807. The quantitative estimate of drug-likeness (QED) is 0.701. The van der Waals surface area contributed by atoms with Gasteiger partial charge in [0, 0.05) is 50.2 Å². The van der Waals surface area contributed by atoms with E-state index in [9.17, 15) is 18.4 Å². The van der Waals surface area contributed by atoms with Crippen molar-refractivity contribution in [1.29, 1.82) is 0 Å². The first-order valence-electron chi connectivity index (χ1n) is 10.4. The number of carbonyl (C=O) groups excluding carboxylic acids is 2. The molecule has 0 saturated carbocycles. The molecule has 2 heterocycles. The van der Waals surface area contributed by atoms with Gasteiger partial charge in [-0.25, -0.2) is 8.78 Å². The van der Waals surface area contributed by atoms with Crippen molar-refractivity contribution in [3.63, 3.8) is 0 Å². The molecule has 31 heavy (non-hydrogen) atoms. The Morgan fingerprint density at radius 3 is 2.32 bits per heavy atom. The predicted molar refractivity (Wildman–Crippen MR) is 113 cm³/mol. The van der Waals surface area contributed by atoms with Crippen LogP contribution in [-0.2, 0) is 9.59 Å². The largest absolute Gasteiger partial charge is 0.497 e. The van der Waals surface area contributed by atoms with Gasteiger partial charge in [-0.1, -0.05) is 0 Å². The second-order valence-electron chi connectivity index (χ2n) is 7.82. The number of nitrogens with zero attached hydrogens (tertiary/aromatic N) is 3. The van der Waals surface area contributed by atoms with E-state index in [4.69, 9.17) is 4.74 Å². The fourth-order valence-electron chi connectivity index (χ4n) is 4.27. The summed E-state index contributed by atoms with van der Waals surface area (Å²) in [5.74, 6) is -2.11. The fourth-order valence-corrected chi connectivity index (χ4v) is 4.27. The molecule has 2 amide bonds. The number of halogens is 2. The highest BCUT2D eigenvalue weighted by atomic mass is 19.1. The predicted octanol–water partition coefficient (Wildman–Crippen LogP) is 3.07. The molecule has 2 aromatic carbocycles. The zero-order chi connectivity index (χ0) is 22.0. The van der Waals surface area contributed by atoms with Crippen molar-refractivity contribution in [2.24, 2.45) is 5.92 Å². The molecule has 0 aliphatic carbocycles. The molecule has 6 nitrogen and oxygen atoms in total. The summed E-state index contributed by atoms with van der Waals surface area (Å²) in [6.45, 7) is 2.83. The molecule has 1 unspecified atom stereocenters. The normalized spacial score (nSPS) is 19.5. The number of rotatable bonds is 4. The van der Waals surface area contributed by atoms with Gasteiger partial charge >= 0.3 is 0 Å². The highest BCUT2D eigenvalue weighted by Crippen LogP contribution is 2.28. The lowest BCUT2D eigenvalue weighted by atomic mass is 10.1. The third-order valence-electron chi connectivity index (χ3n) is 5.91. The summed E-state index contributed by atoms with van der Waals surface area (Å²) in [5.41, 5.74) is 1.21. The van der Waals surface area contributed by atoms with Crippen LogP contribution in [0.15, 0.2) is 42.5 Å². The molecular formula is C23H25F2N3O3. The van der Waals surface area contributed by atoms with Crippen LogP contribution in [0.25, 0.3) is 0 Å². The molecule has 1 atom stereocenters. The van der Waals surface area contributed by atoms with Crippen molar-refractivity contribution < 1.29 is 23.1 Å². The Kier molecular flexibility index (Phi) is 6.06. The van der Waals surface area contributed by atoms with E-state index in [0.29, 0.717) is 26.1 Å². The topological polar surface area (TPSA) is 53.1 Å². The SMILES string of the molecule is COc1ccc(N2CCCN(C(=O)C3CCN(c4cc(F)cc(F)c4)C3=O)CC2)cc1. The average Bonchev–Trinajstić information content (AvgIpc) is 2.98. The third kappa shape index (κ3) is 4.47. The minimum Gasteiger partial charge on any atom is -0.497 e. The van der Waals surface area contributed by atoms with Crippen LogP contribution in [0.4, 0.5) is 20.2 Å². The molecule has 0 N–H and O–H groups in total. The van der Waals surface area contributed by atoms with E-state index in [1.54, 1.807) is 12.0 Å². The van der Waals surface area contributed by atoms with E-state index in [-0.39, 0.29) is 18.1 Å². The monoisotopic (exact) mass is 429 g/mol. The van der Waals surface area contributed by atoms with Crippen molar-refractivity contribution in [2.45, 2.75) is 12.8 Å². The molecule has 0 spiro atoms. The molecule has 2 fully saturated rings. The van der Waals surface area contributed by atoms with Crippen LogP contribution in [0.5, 0.6) is 5.75 Å². The highest BCUT2D eigenvalue weighted by Gasteiger charge is 2.40. The first-order valence-corrected chi connectivity index (χ1v) is 10.4. The second-order valence-corrected chi connectivity index (χ2v) is 7.82. The Morgan fingerprint density at radius 1 is 0.935 bits per heavy atom. The number of ether oxygens (including phenoxy) is 1. The van der Waals surface area contributed by atoms with Gasteiger partial charge in [0.2, 0.25) is 11.8 Å². The van der Waals surface area contributed by atoms with E-state index in [1.807, 2.05) is 24.3 Å². The molecule has 8 heteroatoms. The summed E-state index contributed by atoms with van der Waals surface area (Å²) in [7, 11) is 1.63. The molecule has 0 bridgehead atoms. The number of methoxy groups -OCH3 is 1. The Hall–Kier alpha value is -3.16. The fraction of sp³-hybridized carbons (Fsp3) is 0.391. The summed E-state index contributed by atoms with van der Waals surface area (Å²) >= 11 is 0. The van der Waals surface area contributed by atoms with Gasteiger partial charge in [0.25, 0.3) is 0 Å². The Morgan fingerprint density at radius 2 is 1.65 bits per heavy atom. The second kappa shape index (κ2) is 8.91. The molecule has 164 valence electrons. The summed E-state index contributed by atoms with van der Waals surface area (Å²) < 4.78 is 32.3. The first-order chi connectivity index (χ1) is 15.0. The van der Waals surface area contributed by atoms with Crippen molar-refractivity contribution in [1.82, 2.24) is 4.90 Å². The Balaban J connectivity index is 1.40. The van der Waals surface area contributed by atoms with Crippen molar-refractivity contribution in [3.05, 3.63) is 54.1 Å². The van der Waals surface area contributed by atoms with Gasteiger partial charge in [-0.15, -0.1) is 0 Å². The van der Waals surface area contributed by atoms with Crippen LogP contribution < -0.4 is 14.5 Å². The molecule has 0 aromatic heterocycles. The van der Waals surface area contributed by atoms with Crippen molar-refractivity contribution in [3.8, 4) is 5.75 Å². The van der Waals surface area contributed by atoms with Gasteiger partial charge in [0.05, 0.1) is 7.11 Å². The zero-order valence-electron chi connectivity index (χ0n) is 17.4.